The Labute approximate surface area is 127 Å². The maximum Gasteiger partial charge on any atom is 0.236 e. The first kappa shape index (κ1) is 17.4. The van der Waals surface area contributed by atoms with Crippen LogP contribution in [0.15, 0.2) is 18.2 Å². The summed E-state index contributed by atoms with van der Waals surface area (Å²) >= 11 is 0. The molecule has 21 heavy (non-hydrogen) atoms. The van der Waals surface area contributed by atoms with Crippen molar-refractivity contribution < 1.29 is 9.59 Å². The molecule has 1 amide bonds. The van der Waals surface area contributed by atoms with E-state index in [9.17, 15) is 9.59 Å². The van der Waals surface area contributed by atoms with Gasteiger partial charge in [-0.25, -0.2) is 0 Å². The molecule has 0 aliphatic carbocycles. The third-order valence-corrected chi connectivity index (χ3v) is 3.45. The zero-order chi connectivity index (χ0) is 16.0. The second-order valence-electron chi connectivity index (χ2n) is 5.74. The van der Waals surface area contributed by atoms with Gasteiger partial charge in [-0.3, -0.25) is 14.5 Å². The number of hydrogen-bond donors (Lipinski definition) is 0. The average molecular weight is 290 g/mol. The average Bonchev–Trinajstić information content (AvgIpc) is 2.38. The molecule has 0 aliphatic heterocycles. The van der Waals surface area contributed by atoms with Gasteiger partial charge in [-0.2, -0.15) is 0 Å². The number of Topliss-reactive ketones (excluding diaryl/α,β-unsaturated/α-hetero) is 1. The Bertz CT molecular complexity index is 510. The highest BCUT2D eigenvalue weighted by Gasteiger charge is 2.17. The van der Waals surface area contributed by atoms with Gasteiger partial charge in [0.2, 0.25) is 5.91 Å². The summed E-state index contributed by atoms with van der Waals surface area (Å²) in [5.41, 5.74) is 2.90. The Morgan fingerprint density at radius 2 is 1.76 bits per heavy atom. The first-order valence-corrected chi connectivity index (χ1v) is 7.38. The van der Waals surface area contributed by atoms with Gasteiger partial charge >= 0.3 is 0 Å². The minimum atomic E-state index is 0.0249. The molecule has 0 aromatic heterocycles. The van der Waals surface area contributed by atoms with Crippen LogP contribution < -0.4 is 0 Å². The van der Waals surface area contributed by atoms with Crippen LogP contribution in [0.2, 0.25) is 0 Å². The number of carbonyl (C=O) groups excluding carboxylic acids is 2. The lowest BCUT2D eigenvalue weighted by molar-refractivity contribution is -0.129. The second kappa shape index (κ2) is 7.93. The quantitative estimate of drug-likeness (QED) is 0.723. The van der Waals surface area contributed by atoms with Crippen LogP contribution >= 0.6 is 0 Å². The summed E-state index contributed by atoms with van der Waals surface area (Å²) in [6.07, 6.45) is 0.918. The molecule has 1 aromatic rings. The zero-order valence-electron chi connectivity index (χ0n) is 13.8. The van der Waals surface area contributed by atoms with Crippen LogP contribution in [-0.4, -0.2) is 55.2 Å². The molecule has 4 heteroatoms. The van der Waals surface area contributed by atoms with Crippen LogP contribution in [0.3, 0.4) is 0 Å². The summed E-state index contributed by atoms with van der Waals surface area (Å²) in [6, 6.07) is 5.85. The molecule has 0 atom stereocenters. The van der Waals surface area contributed by atoms with Gasteiger partial charge in [0.15, 0.2) is 5.78 Å². The summed E-state index contributed by atoms with van der Waals surface area (Å²) in [5.74, 6) is 0.101. The molecule has 0 saturated carbocycles. The van der Waals surface area contributed by atoms with Crippen LogP contribution in [0.25, 0.3) is 0 Å². The molecule has 0 radical (unpaired) electrons. The van der Waals surface area contributed by atoms with E-state index in [1.807, 2.05) is 36.9 Å². The van der Waals surface area contributed by atoms with Crippen molar-refractivity contribution in [3.8, 4) is 0 Å². The van der Waals surface area contributed by atoms with Crippen molar-refractivity contribution in [2.45, 2.75) is 27.2 Å². The van der Waals surface area contributed by atoms with Crippen molar-refractivity contribution in [1.82, 2.24) is 9.80 Å². The Hall–Kier alpha value is -1.68. The Kier molecular flexibility index (Phi) is 6.56. The van der Waals surface area contributed by atoms with E-state index < -0.39 is 0 Å². The smallest absolute Gasteiger partial charge is 0.236 e. The number of amides is 1. The Morgan fingerprint density at radius 3 is 2.29 bits per heavy atom. The largest absolute Gasteiger partial charge is 0.348 e. The van der Waals surface area contributed by atoms with Gasteiger partial charge in [0.05, 0.1) is 13.1 Å². The third kappa shape index (κ3) is 5.31. The second-order valence-corrected chi connectivity index (χ2v) is 5.74. The predicted octanol–water partition coefficient (Wildman–Crippen LogP) is 2.29. The topological polar surface area (TPSA) is 40.6 Å². The van der Waals surface area contributed by atoms with Crippen LogP contribution in [0.4, 0.5) is 0 Å². The molecule has 0 bridgehead atoms. The van der Waals surface area contributed by atoms with E-state index in [1.54, 1.807) is 19.0 Å². The number of aryl methyl sites for hydroxylation is 2. The fraction of sp³-hybridized carbons (Fsp3) is 0.529. The third-order valence-electron chi connectivity index (χ3n) is 3.45. The molecule has 0 N–H and O–H groups in total. The van der Waals surface area contributed by atoms with Gasteiger partial charge in [0, 0.05) is 19.7 Å². The maximum atomic E-state index is 12.4. The van der Waals surface area contributed by atoms with Crippen molar-refractivity contribution in [2.24, 2.45) is 0 Å². The number of likely N-dealkylation sites (N-methyl/N-ethyl adjacent to an activating group) is 1. The summed E-state index contributed by atoms with van der Waals surface area (Å²) in [4.78, 5) is 27.8. The molecule has 0 heterocycles. The molecule has 1 aromatic carbocycles. The van der Waals surface area contributed by atoms with Gasteiger partial charge in [0.25, 0.3) is 0 Å². The normalized spacial score (nSPS) is 10.8. The van der Waals surface area contributed by atoms with E-state index in [0.29, 0.717) is 0 Å². The van der Waals surface area contributed by atoms with E-state index in [0.717, 1.165) is 29.7 Å². The monoisotopic (exact) mass is 290 g/mol. The lowest BCUT2D eigenvalue weighted by Crippen LogP contribution is -2.39. The van der Waals surface area contributed by atoms with Gasteiger partial charge in [-0.05, 0) is 32.4 Å². The van der Waals surface area contributed by atoms with Gasteiger partial charge in [-0.15, -0.1) is 0 Å². The van der Waals surface area contributed by atoms with Crippen molar-refractivity contribution in [2.75, 3.05) is 33.7 Å². The summed E-state index contributed by atoms with van der Waals surface area (Å²) in [5, 5.41) is 0. The number of carbonyl (C=O) groups is 2. The number of nitrogens with zero attached hydrogens (tertiary/aromatic N) is 2. The van der Waals surface area contributed by atoms with E-state index in [2.05, 4.69) is 6.92 Å². The minimum absolute atomic E-state index is 0.0249. The van der Waals surface area contributed by atoms with Gasteiger partial charge in [0.1, 0.15) is 0 Å². The highest BCUT2D eigenvalue weighted by Crippen LogP contribution is 2.12. The van der Waals surface area contributed by atoms with Crippen molar-refractivity contribution in [3.05, 3.63) is 34.9 Å². The molecule has 0 spiro atoms. The van der Waals surface area contributed by atoms with Crippen LogP contribution in [0.1, 0.15) is 34.8 Å². The molecule has 4 nitrogen and oxygen atoms in total. The fourth-order valence-electron chi connectivity index (χ4n) is 2.28. The SMILES string of the molecule is CCCN(CC(=O)c1ccc(C)cc1C)CC(=O)N(C)C. The minimum Gasteiger partial charge on any atom is -0.348 e. The molecule has 0 unspecified atom stereocenters. The molecule has 116 valence electrons. The van der Waals surface area contributed by atoms with Crippen molar-refractivity contribution >= 4 is 11.7 Å². The van der Waals surface area contributed by atoms with Gasteiger partial charge in [-0.1, -0.05) is 30.7 Å². The Morgan fingerprint density at radius 1 is 1.10 bits per heavy atom. The first-order chi connectivity index (χ1) is 9.85. The molecule has 0 aliphatic rings. The molecular weight excluding hydrogens is 264 g/mol. The number of ketones is 1. The lowest BCUT2D eigenvalue weighted by atomic mass is 10.0. The lowest BCUT2D eigenvalue weighted by Gasteiger charge is -2.22. The summed E-state index contributed by atoms with van der Waals surface area (Å²) in [7, 11) is 3.47. The number of hydrogen-bond acceptors (Lipinski definition) is 3. The molecular formula is C17H26N2O2. The van der Waals surface area contributed by atoms with Crippen LogP contribution in [-0.2, 0) is 4.79 Å². The number of benzene rings is 1. The highest BCUT2D eigenvalue weighted by molar-refractivity contribution is 5.99. The predicted molar refractivity (Wildman–Crippen MR) is 85.7 cm³/mol. The maximum absolute atomic E-state index is 12.4. The summed E-state index contributed by atoms with van der Waals surface area (Å²) in [6.45, 7) is 7.34. The number of rotatable bonds is 7. The van der Waals surface area contributed by atoms with Crippen LogP contribution in [0, 0.1) is 13.8 Å². The molecule has 0 fully saturated rings. The van der Waals surface area contributed by atoms with Crippen molar-refractivity contribution in [3.63, 3.8) is 0 Å². The fourth-order valence-corrected chi connectivity index (χ4v) is 2.28. The van der Waals surface area contributed by atoms with E-state index in [1.165, 1.54) is 0 Å². The molecule has 0 saturated heterocycles. The standard InChI is InChI=1S/C17H26N2O2/c1-6-9-19(12-17(21)18(4)5)11-16(20)15-8-7-13(2)10-14(15)3/h7-8,10H,6,9,11-12H2,1-5H3. The highest BCUT2D eigenvalue weighted by atomic mass is 16.2. The van der Waals surface area contributed by atoms with Gasteiger partial charge < -0.3 is 4.90 Å². The van der Waals surface area contributed by atoms with Crippen LogP contribution in [0.5, 0.6) is 0 Å². The molecule has 1 rings (SSSR count). The van der Waals surface area contributed by atoms with E-state index in [4.69, 9.17) is 0 Å². The summed E-state index contributed by atoms with van der Waals surface area (Å²) < 4.78 is 0. The van der Waals surface area contributed by atoms with E-state index in [-0.39, 0.29) is 24.8 Å². The first-order valence-electron chi connectivity index (χ1n) is 7.38. The Balaban J connectivity index is 2.78. The zero-order valence-corrected chi connectivity index (χ0v) is 13.8. The van der Waals surface area contributed by atoms with Crippen molar-refractivity contribution in [1.29, 1.82) is 0 Å². The van der Waals surface area contributed by atoms with E-state index >= 15 is 0 Å².